The first-order valence-electron chi connectivity index (χ1n) is 9.13. The molecule has 0 aliphatic carbocycles. The summed E-state index contributed by atoms with van der Waals surface area (Å²) in [6.45, 7) is 1.04. The third-order valence-corrected chi connectivity index (χ3v) is 4.17. The van der Waals surface area contributed by atoms with Crippen LogP contribution in [0.4, 0.5) is 8.78 Å². The van der Waals surface area contributed by atoms with Crippen LogP contribution < -0.4 is 10.1 Å². The van der Waals surface area contributed by atoms with Gasteiger partial charge in [0, 0.05) is 20.1 Å². The predicted octanol–water partition coefficient (Wildman–Crippen LogP) is 3.58. The second-order valence-corrected chi connectivity index (χ2v) is 6.57. The second-order valence-electron chi connectivity index (χ2n) is 6.57. The maximum Gasteiger partial charge on any atom is 0.387 e. The van der Waals surface area contributed by atoms with Crippen LogP contribution in [0.25, 0.3) is 0 Å². The van der Waals surface area contributed by atoms with Crippen LogP contribution in [-0.2, 0) is 6.54 Å². The van der Waals surface area contributed by atoms with Crippen molar-refractivity contribution in [3.63, 3.8) is 0 Å². The summed E-state index contributed by atoms with van der Waals surface area (Å²) in [5, 5.41) is 3.28. The van der Waals surface area contributed by atoms with Gasteiger partial charge < -0.3 is 19.4 Å². The molecule has 0 amide bonds. The first-order chi connectivity index (χ1) is 13.4. The van der Waals surface area contributed by atoms with Crippen molar-refractivity contribution in [3.05, 3.63) is 54.0 Å². The van der Waals surface area contributed by atoms with Crippen molar-refractivity contribution < 1.29 is 17.9 Å². The van der Waals surface area contributed by atoms with Crippen LogP contribution in [0.15, 0.2) is 52.1 Å². The molecule has 1 aromatic carbocycles. The van der Waals surface area contributed by atoms with E-state index in [-0.39, 0.29) is 11.8 Å². The second kappa shape index (κ2) is 10.7. The van der Waals surface area contributed by atoms with Gasteiger partial charge in [-0.25, -0.2) is 0 Å². The number of alkyl halides is 2. The number of halogens is 2. The molecule has 6 nitrogen and oxygen atoms in total. The minimum absolute atomic E-state index is 0.0304. The Hall–Kier alpha value is -2.61. The summed E-state index contributed by atoms with van der Waals surface area (Å²) >= 11 is 0. The molecular weight excluding hydrogens is 366 g/mol. The molecule has 1 aromatic heterocycles. The van der Waals surface area contributed by atoms with Crippen LogP contribution in [0.3, 0.4) is 0 Å². The quantitative estimate of drug-likeness (QED) is 0.520. The summed E-state index contributed by atoms with van der Waals surface area (Å²) in [7, 11) is 5.91. The molecular formula is C20H28F2N4O2. The van der Waals surface area contributed by atoms with Crippen LogP contribution in [0.2, 0.25) is 0 Å². The van der Waals surface area contributed by atoms with E-state index in [9.17, 15) is 8.78 Å². The van der Waals surface area contributed by atoms with Crippen LogP contribution in [0.5, 0.6) is 5.75 Å². The summed E-state index contributed by atoms with van der Waals surface area (Å²) in [5.41, 5.74) is 0.963. The van der Waals surface area contributed by atoms with Crippen LogP contribution >= 0.6 is 0 Å². The number of furan rings is 1. The van der Waals surface area contributed by atoms with E-state index in [1.54, 1.807) is 30.5 Å². The number of likely N-dealkylation sites (N-methyl/N-ethyl adjacent to an activating group) is 1. The first kappa shape index (κ1) is 21.7. The number of nitrogens with zero attached hydrogens (tertiary/aromatic N) is 3. The van der Waals surface area contributed by atoms with Gasteiger partial charge in [-0.15, -0.1) is 0 Å². The average Bonchev–Trinajstić information content (AvgIpc) is 3.16. The van der Waals surface area contributed by atoms with Crippen molar-refractivity contribution in [1.82, 2.24) is 15.1 Å². The lowest BCUT2D eigenvalue weighted by atomic mass is 10.2. The third kappa shape index (κ3) is 6.53. The maximum absolute atomic E-state index is 12.3. The Balaban J connectivity index is 2.05. The first-order valence-corrected chi connectivity index (χ1v) is 9.13. The van der Waals surface area contributed by atoms with Crippen molar-refractivity contribution in [3.8, 4) is 5.75 Å². The van der Waals surface area contributed by atoms with E-state index in [0.29, 0.717) is 13.1 Å². The zero-order chi connectivity index (χ0) is 20.5. The van der Waals surface area contributed by atoms with Crippen LogP contribution in [-0.4, -0.2) is 56.6 Å². The molecule has 28 heavy (non-hydrogen) atoms. The summed E-state index contributed by atoms with van der Waals surface area (Å²) < 4.78 is 34.5. The number of guanidine groups is 1. The Bertz CT molecular complexity index is 718. The van der Waals surface area contributed by atoms with Crippen molar-refractivity contribution in [1.29, 1.82) is 0 Å². The highest BCUT2D eigenvalue weighted by atomic mass is 19.3. The van der Waals surface area contributed by atoms with Crippen molar-refractivity contribution in [2.45, 2.75) is 26.1 Å². The molecule has 1 atom stereocenters. The number of benzene rings is 1. The molecule has 1 N–H and O–H groups in total. The molecule has 1 unspecified atom stereocenters. The van der Waals surface area contributed by atoms with Gasteiger partial charge in [0.25, 0.3) is 0 Å². The normalized spacial score (nSPS) is 13.1. The number of rotatable bonds is 9. The van der Waals surface area contributed by atoms with E-state index >= 15 is 0 Å². The van der Waals surface area contributed by atoms with Gasteiger partial charge in [0.15, 0.2) is 5.96 Å². The minimum Gasteiger partial charge on any atom is -0.468 e. The smallest absolute Gasteiger partial charge is 0.387 e. The van der Waals surface area contributed by atoms with Gasteiger partial charge >= 0.3 is 6.61 Å². The van der Waals surface area contributed by atoms with E-state index in [1.165, 1.54) is 0 Å². The molecule has 0 saturated heterocycles. The minimum atomic E-state index is -2.82. The molecule has 1 heterocycles. The lowest BCUT2D eigenvalue weighted by molar-refractivity contribution is -0.0498. The topological polar surface area (TPSA) is 53.2 Å². The molecule has 8 heteroatoms. The van der Waals surface area contributed by atoms with E-state index in [0.717, 1.165) is 23.8 Å². The maximum atomic E-state index is 12.3. The fourth-order valence-electron chi connectivity index (χ4n) is 2.76. The van der Waals surface area contributed by atoms with Gasteiger partial charge in [0.05, 0.1) is 18.8 Å². The monoisotopic (exact) mass is 394 g/mol. The standard InChI is InChI=1S/C20H28F2N4O2/c1-5-23-20(24-13-17(25(2)3)18-7-6-12-27-18)26(4)14-15-8-10-16(11-9-15)28-19(21)22/h6-12,17,19H,5,13-14H2,1-4H3,(H,23,24). The summed E-state index contributed by atoms with van der Waals surface area (Å²) in [4.78, 5) is 8.80. The highest BCUT2D eigenvalue weighted by Gasteiger charge is 2.17. The number of hydrogen-bond donors (Lipinski definition) is 1. The Morgan fingerprint density at radius 1 is 1.18 bits per heavy atom. The van der Waals surface area contributed by atoms with Gasteiger partial charge in [-0.1, -0.05) is 12.1 Å². The van der Waals surface area contributed by atoms with Gasteiger partial charge in [0.1, 0.15) is 11.5 Å². The van der Waals surface area contributed by atoms with Gasteiger partial charge in [0.2, 0.25) is 0 Å². The Morgan fingerprint density at radius 3 is 2.43 bits per heavy atom. The number of aliphatic imine (C=N–C) groups is 1. The van der Waals surface area contributed by atoms with E-state index in [2.05, 4.69) is 15.0 Å². The Labute approximate surface area is 164 Å². The molecule has 0 spiro atoms. The third-order valence-electron chi connectivity index (χ3n) is 4.17. The largest absolute Gasteiger partial charge is 0.468 e. The van der Waals surface area contributed by atoms with Gasteiger partial charge in [-0.05, 0) is 50.8 Å². The fourth-order valence-corrected chi connectivity index (χ4v) is 2.76. The van der Waals surface area contributed by atoms with E-state index in [1.807, 2.05) is 45.1 Å². The van der Waals surface area contributed by atoms with Crippen LogP contribution in [0, 0.1) is 0 Å². The molecule has 0 aliphatic heterocycles. The van der Waals surface area contributed by atoms with Crippen molar-refractivity contribution in [2.75, 3.05) is 34.2 Å². The molecule has 0 radical (unpaired) electrons. The molecule has 0 aliphatic rings. The fraction of sp³-hybridized carbons (Fsp3) is 0.450. The predicted molar refractivity (Wildman–Crippen MR) is 106 cm³/mol. The average molecular weight is 394 g/mol. The zero-order valence-electron chi connectivity index (χ0n) is 16.7. The Kier molecular flexibility index (Phi) is 8.25. The summed E-state index contributed by atoms with van der Waals surface area (Å²) in [5.74, 6) is 1.77. The summed E-state index contributed by atoms with van der Waals surface area (Å²) in [6.07, 6.45) is 1.66. The van der Waals surface area contributed by atoms with Crippen molar-refractivity contribution in [2.24, 2.45) is 4.99 Å². The zero-order valence-corrected chi connectivity index (χ0v) is 16.7. The molecule has 0 saturated carbocycles. The molecule has 154 valence electrons. The SMILES string of the molecule is CCNC(=NCC(c1ccco1)N(C)C)N(C)Cc1ccc(OC(F)F)cc1. The Morgan fingerprint density at radius 2 is 1.89 bits per heavy atom. The molecule has 0 fully saturated rings. The number of ether oxygens (including phenoxy) is 1. The molecule has 0 bridgehead atoms. The number of hydrogen-bond acceptors (Lipinski definition) is 4. The molecule has 2 aromatic rings. The lowest BCUT2D eigenvalue weighted by Crippen LogP contribution is -2.39. The van der Waals surface area contributed by atoms with Crippen molar-refractivity contribution >= 4 is 5.96 Å². The lowest BCUT2D eigenvalue weighted by Gasteiger charge is -2.25. The summed E-state index contributed by atoms with van der Waals surface area (Å²) in [6, 6.07) is 10.5. The number of nitrogens with one attached hydrogen (secondary N) is 1. The van der Waals surface area contributed by atoms with E-state index < -0.39 is 6.61 Å². The highest BCUT2D eigenvalue weighted by molar-refractivity contribution is 5.79. The van der Waals surface area contributed by atoms with Gasteiger partial charge in [-0.3, -0.25) is 9.89 Å². The highest BCUT2D eigenvalue weighted by Crippen LogP contribution is 2.19. The van der Waals surface area contributed by atoms with E-state index in [4.69, 9.17) is 9.41 Å². The molecule has 2 rings (SSSR count). The van der Waals surface area contributed by atoms with Gasteiger partial charge in [-0.2, -0.15) is 8.78 Å². The van der Waals surface area contributed by atoms with Crippen LogP contribution in [0.1, 0.15) is 24.3 Å².